The number of unbranched alkanes of at least 4 members (excludes halogenated alkanes) is 12. The lowest BCUT2D eigenvalue weighted by molar-refractivity contribution is -0.148. The Bertz CT molecular complexity index is 1150. The van der Waals surface area contributed by atoms with E-state index in [-0.39, 0.29) is 18.0 Å². The van der Waals surface area contributed by atoms with Gasteiger partial charge in [0.1, 0.15) is 12.1 Å². The zero-order chi connectivity index (χ0) is 41.0. The van der Waals surface area contributed by atoms with Crippen molar-refractivity contribution < 1.29 is 24.2 Å². The van der Waals surface area contributed by atoms with Gasteiger partial charge in [-0.1, -0.05) is 150 Å². The maximum Gasteiger partial charge on any atom is 0.326 e. The van der Waals surface area contributed by atoms with Crippen LogP contribution in [0, 0.1) is 0 Å². The molecule has 2 atom stereocenters. The number of amides is 1. The largest absolute Gasteiger partial charge is 0.480 e. The average Bonchev–Trinajstić information content (AvgIpc) is 3.18. The zero-order valence-electron chi connectivity index (χ0n) is 35.7. The summed E-state index contributed by atoms with van der Waals surface area (Å²) in [6.45, 7) is 4.80. The second-order valence-electron chi connectivity index (χ2n) is 14.7. The second-order valence-corrected chi connectivity index (χ2v) is 14.7. The van der Waals surface area contributed by atoms with E-state index in [1.165, 1.54) is 38.5 Å². The first-order chi connectivity index (χ1) is 27.4. The van der Waals surface area contributed by atoms with E-state index in [1.54, 1.807) is 0 Å². The summed E-state index contributed by atoms with van der Waals surface area (Å²) in [4.78, 5) is 36.4. The van der Waals surface area contributed by atoms with Gasteiger partial charge in [0, 0.05) is 6.42 Å². The number of carbonyl (C=O) groups excluding carboxylic acids is 2. The molecule has 0 aliphatic carbocycles. The van der Waals surface area contributed by atoms with Crippen LogP contribution in [0.4, 0.5) is 0 Å². The summed E-state index contributed by atoms with van der Waals surface area (Å²) in [7, 11) is 0. The van der Waals surface area contributed by atoms with E-state index < -0.39 is 12.0 Å². The van der Waals surface area contributed by atoms with E-state index in [2.05, 4.69) is 92.1 Å². The Hall–Kier alpha value is -3.45. The number of esters is 1. The molecule has 0 aromatic rings. The highest BCUT2D eigenvalue weighted by Gasteiger charge is 2.19. The van der Waals surface area contributed by atoms with Crippen molar-refractivity contribution in [2.45, 2.75) is 199 Å². The van der Waals surface area contributed by atoms with Crippen molar-refractivity contribution in [1.82, 2.24) is 5.32 Å². The van der Waals surface area contributed by atoms with Gasteiger partial charge in [0.05, 0.1) is 6.42 Å². The Morgan fingerprint density at radius 3 is 1.55 bits per heavy atom. The molecule has 0 rings (SSSR count). The molecular weight excluding hydrogens is 697 g/mol. The van der Waals surface area contributed by atoms with E-state index in [9.17, 15) is 19.5 Å². The van der Waals surface area contributed by atoms with E-state index in [0.29, 0.717) is 32.2 Å². The average molecular weight is 779 g/mol. The van der Waals surface area contributed by atoms with Gasteiger partial charge in [0.2, 0.25) is 5.91 Å². The Morgan fingerprint density at radius 1 is 0.554 bits per heavy atom. The molecule has 0 bridgehead atoms. The lowest BCUT2D eigenvalue weighted by Crippen LogP contribution is -2.40. The lowest BCUT2D eigenvalue weighted by atomic mass is 10.0. The Kier molecular flexibility index (Phi) is 40.1. The van der Waals surface area contributed by atoms with Crippen molar-refractivity contribution >= 4 is 17.8 Å². The molecule has 0 fully saturated rings. The number of ether oxygens (including phenoxy) is 1. The lowest BCUT2D eigenvalue weighted by Gasteiger charge is -2.18. The summed E-state index contributed by atoms with van der Waals surface area (Å²) in [6.07, 6.45) is 56.4. The monoisotopic (exact) mass is 779 g/mol. The fourth-order valence-electron chi connectivity index (χ4n) is 6.14. The molecular formula is C49H82N2O5. The number of carboxylic acids is 1. The number of aliphatic carboxylic acids is 1. The quantitative estimate of drug-likeness (QED) is 0.0325. The third kappa shape index (κ3) is 38.8. The molecule has 0 spiro atoms. The van der Waals surface area contributed by atoms with E-state index in [4.69, 9.17) is 10.5 Å². The summed E-state index contributed by atoms with van der Waals surface area (Å²) >= 11 is 0. The summed E-state index contributed by atoms with van der Waals surface area (Å²) in [6, 6.07) is -0.870. The van der Waals surface area contributed by atoms with Crippen LogP contribution >= 0.6 is 0 Å². The highest BCUT2D eigenvalue weighted by molar-refractivity contribution is 5.83. The Morgan fingerprint density at radius 2 is 1.02 bits per heavy atom. The van der Waals surface area contributed by atoms with E-state index in [1.807, 2.05) is 12.2 Å². The number of allylic oxidation sites excluding steroid dienone is 13. The molecule has 0 heterocycles. The van der Waals surface area contributed by atoms with Gasteiger partial charge >= 0.3 is 11.9 Å². The van der Waals surface area contributed by atoms with Gasteiger partial charge in [-0.15, -0.1) is 0 Å². The smallest absolute Gasteiger partial charge is 0.326 e. The van der Waals surface area contributed by atoms with Crippen molar-refractivity contribution in [2.75, 3.05) is 6.54 Å². The second kappa shape index (κ2) is 42.7. The molecule has 0 radical (unpaired) electrons. The maximum absolute atomic E-state index is 12.8. The third-order valence-corrected chi connectivity index (χ3v) is 9.48. The molecule has 0 aliphatic heterocycles. The highest BCUT2D eigenvalue weighted by atomic mass is 16.5. The molecule has 4 N–H and O–H groups in total. The zero-order valence-corrected chi connectivity index (χ0v) is 35.7. The third-order valence-electron chi connectivity index (χ3n) is 9.48. The van der Waals surface area contributed by atoms with Gasteiger partial charge in [-0.25, -0.2) is 4.79 Å². The molecule has 2 unspecified atom stereocenters. The topological polar surface area (TPSA) is 119 Å². The van der Waals surface area contributed by atoms with Crippen LogP contribution in [-0.2, 0) is 19.1 Å². The van der Waals surface area contributed by atoms with Crippen LogP contribution in [-0.4, -0.2) is 41.6 Å². The minimum Gasteiger partial charge on any atom is -0.480 e. The Balaban J connectivity index is 4.56. The van der Waals surface area contributed by atoms with Crippen LogP contribution in [0.1, 0.15) is 187 Å². The summed E-state index contributed by atoms with van der Waals surface area (Å²) in [5, 5.41) is 11.9. The van der Waals surface area contributed by atoms with E-state index >= 15 is 0 Å². The molecule has 7 heteroatoms. The molecule has 0 aliphatic rings. The molecule has 0 saturated heterocycles. The highest BCUT2D eigenvalue weighted by Crippen LogP contribution is 2.17. The number of rotatable bonds is 39. The molecule has 318 valence electrons. The predicted octanol–water partition coefficient (Wildman–Crippen LogP) is 12.9. The minimum atomic E-state index is -1.02. The van der Waals surface area contributed by atoms with Gasteiger partial charge in [-0.3, -0.25) is 9.59 Å². The van der Waals surface area contributed by atoms with Gasteiger partial charge in [-0.05, 0) is 116 Å². The van der Waals surface area contributed by atoms with Crippen molar-refractivity contribution in [3.05, 3.63) is 85.1 Å². The van der Waals surface area contributed by atoms with Crippen LogP contribution in [0.3, 0.4) is 0 Å². The molecule has 7 nitrogen and oxygen atoms in total. The number of nitrogens with one attached hydrogen (secondary N) is 1. The first-order valence-corrected chi connectivity index (χ1v) is 22.4. The molecule has 0 aromatic heterocycles. The summed E-state index contributed by atoms with van der Waals surface area (Å²) in [5.74, 6) is -1.39. The maximum atomic E-state index is 12.8. The van der Waals surface area contributed by atoms with Crippen LogP contribution in [0.25, 0.3) is 0 Å². The van der Waals surface area contributed by atoms with Crippen molar-refractivity contribution in [2.24, 2.45) is 5.73 Å². The molecule has 0 saturated carbocycles. The van der Waals surface area contributed by atoms with E-state index in [0.717, 1.165) is 109 Å². The number of nitrogens with two attached hydrogens (primary N) is 1. The standard InChI is InChI=1S/C49H82N2O5/c1-3-5-7-9-11-13-15-17-19-21-23-25-27-30-34-39-45(40-35-31-29-32-36-42-47(52)51-46(49(54)55)41-38-44-50)56-48(53)43-37-33-28-26-24-22-20-18-16-14-12-10-8-6-4-2/h6,8,12,14-15,17-18,20-21,23-24,26,33,37,45-46H,3-5,7,9-11,13,16,19,22,25,27-32,34-36,38-44,50H2,1-2H3,(H,51,52)(H,54,55)/b8-6-,14-12-,17-15-,20-18-,23-21-,26-24-,37-33-. The molecule has 56 heavy (non-hydrogen) atoms. The fraction of sp³-hybridized carbons (Fsp3) is 0.653. The number of carboxylic acid groups (broad SMARTS) is 1. The first-order valence-electron chi connectivity index (χ1n) is 22.4. The summed E-state index contributed by atoms with van der Waals surface area (Å²) < 4.78 is 5.98. The van der Waals surface area contributed by atoms with Gasteiger partial charge in [0.15, 0.2) is 0 Å². The Labute approximate surface area is 343 Å². The first kappa shape index (κ1) is 52.6. The number of carbonyl (C=O) groups is 3. The van der Waals surface area contributed by atoms with Crippen molar-refractivity contribution in [3.8, 4) is 0 Å². The predicted molar refractivity (Wildman–Crippen MR) is 238 cm³/mol. The van der Waals surface area contributed by atoms with Crippen LogP contribution in [0.5, 0.6) is 0 Å². The SMILES string of the molecule is CC/C=C\C/C=C\C/C=C\C/C=C\C/C=C\CC(=O)OC(CCCCC/C=C\C/C=C\CCCCCCC)CCCCCCCC(=O)NC(CCCN)C(=O)O. The molecule has 0 aromatic carbocycles. The fourth-order valence-corrected chi connectivity index (χ4v) is 6.14. The van der Waals surface area contributed by atoms with Gasteiger partial charge in [0.25, 0.3) is 0 Å². The normalized spacial score (nSPS) is 13.5. The number of hydrogen-bond donors (Lipinski definition) is 3. The van der Waals surface area contributed by atoms with Crippen LogP contribution < -0.4 is 11.1 Å². The summed E-state index contributed by atoms with van der Waals surface area (Å²) in [5.41, 5.74) is 5.49. The van der Waals surface area contributed by atoms with Gasteiger partial charge in [-0.2, -0.15) is 0 Å². The van der Waals surface area contributed by atoms with Crippen LogP contribution in [0.2, 0.25) is 0 Å². The van der Waals surface area contributed by atoms with Gasteiger partial charge < -0.3 is 20.9 Å². The molecule has 1 amide bonds. The van der Waals surface area contributed by atoms with Crippen molar-refractivity contribution in [3.63, 3.8) is 0 Å². The van der Waals surface area contributed by atoms with Crippen molar-refractivity contribution in [1.29, 1.82) is 0 Å². The number of hydrogen-bond acceptors (Lipinski definition) is 5. The minimum absolute atomic E-state index is 0.0693. The van der Waals surface area contributed by atoms with Crippen LogP contribution in [0.15, 0.2) is 85.1 Å².